The zero-order valence-corrected chi connectivity index (χ0v) is 11.2. The van der Waals surface area contributed by atoms with Crippen LogP contribution < -0.4 is 0 Å². The van der Waals surface area contributed by atoms with Gasteiger partial charge in [0.15, 0.2) is 0 Å². The molecule has 1 aliphatic heterocycles. The van der Waals surface area contributed by atoms with Crippen molar-refractivity contribution in [3.05, 3.63) is 0 Å². The minimum atomic E-state index is -0.975. The minimum absolute atomic E-state index is 0.0192. The molecule has 17 heavy (non-hydrogen) atoms. The quantitative estimate of drug-likeness (QED) is 0.821. The van der Waals surface area contributed by atoms with Crippen molar-refractivity contribution in [2.75, 3.05) is 0 Å². The zero-order chi connectivity index (χ0) is 13.2. The average Bonchev–Trinajstić information content (AvgIpc) is 2.58. The summed E-state index contributed by atoms with van der Waals surface area (Å²) in [5, 5.41) is 9.05. The molecule has 0 aromatic carbocycles. The third-order valence-electron chi connectivity index (χ3n) is 3.72. The van der Waals surface area contributed by atoms with Gasteiger partial charge in [-0.1, -0.05) is 6.92 Å². The summed E-state index contributed by atoms with van der Waals surface area (Å²) in [5.74, 6) is -0.931. The van der Waals surface area contributed by atoms with E-state index in [1.165, 1.54) is 0 Å². The Bertz CT molecular complexity index is 312. The summed E-state index contributed by atoms with van der Waals surface area (Å²) in [6.45, 7) is 7.33. The Kier molecular flexibility index (Phi) is 4.17. The van der Waals surface area contributed by atoms with E-state index in [0.717, 1.165) is 19.3 Å². The van der Waals surface area contributed by atoms with E-state index in [9.17, 15) is 9.59 Å². The normalized spacial score (nSPS) is 25.1. The second kappa shape index (κ2) is 5.07. The summed E-state index contributed by atoms with van der Waals surface area (Å²) in [6, 6.07) is 0.541. The molecule has 0 aliphatic carbocycles. The molecular formula is C13H23NO3. The summed E-state index contributed by atoms with van der Waals surface area (Å²) in [4.78, 5) is 25.1. The highest BCUT2D eigenvalue weighted by atomic mass is 16.4. The molecule has 0 radical (unpaired) electrons. The highest BCUT2D eigenvalue weighted by Gasteiger charge is 2.38. The van der Waals surface area contributed by atoms with E-state index in [1.807, 2.05) is 11.8 Å². The van der Waals surface area contributed by atoms with Crippen molar-refractivity contribution in [2.45, 2.75) is 65.5 Å². The van der Waals surface area contributed by atoms with Crippen LogP contribution in [0.5, 0.6) is 0 Å². The summed E-state index contributed by atoms with van der Waals surface area (Å²) < 4.78 is 0. The summed E-state index contributed by atoms with van der Waals surface area (Å²) in [5.41, 5.74) is -0.975. The number of hydrogen-bond acceptors (Lipinski definition) is 2. The molecular weight excluding hydrogens is 218 g/mol. The van der Waals surface area contributed by atoms with Gasteiger partial charge in [0.1, 0.15) is 0 Å². The number of carboxylic acids is 1. The fourth-order valence-electron chi connectivity index (χ4n) is 2.47. The third-order valence-corrected chi connectivity index (χ3v) is 3.72. The Morgan fingerprint density at radius 3 is 2.41 bits per heavy atom. The van der Waals surface area contributed by atoms with Gasteiger partial charge in [0.05, 0.1) is 5.41 Å². The van der Waals surface area contributed by atoms with Gasteiger partial charge in [-0.3, -0.25) is 9.59 Å². The van der Waals surface area contributed by atoms with Gasteiger partial charge >= 0.3 is 5.97 Å². The Labute approximate surface area is 103 Å². The number of nitrogens with zero attached hydrogens (tertiary/aromatic N) is 1. The average molecular weight is 241 g/mol. The van der Waals surface area contributed by atoms with Gasteiger partial charge in [-0.05, 0) is 40.0 Å². The van der Waals surface area contributed by atoms with Crippen LogP contribution in [0.3, 0.4) is 0 Å². The lowest BCUT2D eigenvalue weighted by Gasteiger charge is -2.30. The van der Waals surface area contributed by atoms with Gasteiger partial charge < -0.3 is 10.0 Å². The molecule has 0 spiro atoms. The largest absolute Gasteiger partial charge is 0.481 e. The number of amides is 1. The number of carbonyl (C=O) groups excluding carboxylic acids is 1. The van der Waals surface area contributed by atoms with Crippen molar-refractivity contribution in [3.63, 3.8) is 0 Å². The molecule has 1 heterocycles. The first-order valence-electron chi connectivity index (χ1n) is 6.34. The standard InChI is InChI=1S/C13H23NO3/c1-5-10-7-6-9(2)14(10)11(15)8-13(3,4)12(16)17/h9-10H,5-8H2,1-4H3,(H,16,17). The van der Waals surface area contributed by atoms with Crippen molar-refractivity contribution >= 4 is 11.9 Å². The van der Waals surface area contributed by atoms with Crippen LogP contribution in [0.15, 0.2) is 0 Å². The van der Waals surface area contributed by atoms with Crippen molar-refractivity contribution in [3.8, 4) is 0 Å². The molecule has 1 aliphatic rings. The molecule has 0 bridgehead atoms. The topological polar surface area (TPSA) is 57.6 Å². The number of carbonyl (C=O) groups is 2. The predicted molar refractivity (Wildman–Crippen MR) is 65.7 cm³/mol. The van der Waals surface area contributed by atoms with Gasteiger partial charge in [0.25, 0.3) is 0 Å². The fraction of sp³-hybridized carbons (Fsp3) is 0.846. The van der Waals surface area contributed by atoms with Crippen LogP contribution in [0, 0.1) is 5.41 Å². The molecule has 1 rings (SSSR count). The SMILES string of the molecule is CCC1CCC(C)N1C(=O)CC(C)(C)C(=O)O. The van der Waals surface area contributed by atoms with Crippen molar-refractivity contribution in [1.82, 2.24) is 4.90 Å². The van der Waals surface area contributed by atoms with Crippen LogP contribution in [0.4, 0.5) is 0 Å². The second-order valence-electron chi connectivity index (χ2n) is 5.66. The highest BCUT2D eigenvalue weighted by molar-refractivity contribution is 5.85. The van der Waals surface area contributed by atoms with Gasteiger partial charge in [0.2, 0.25) is 5.91 Å². The van der Waals surface area contributed by atoms with E-state index in [0.29, 0.717) is 6.04 Å². The molecule has 1 amide bonds. The highest BCUT2D eigenvalue weighted by Crippen LogP contribution is 2.30. The van der Waals surface area contributed by atoms with E-state index in [4.69, 9.17) is 5.11 Å². The zero-order valence-electron chi connectivity index (χ0n) is 11.2. The number of hydrogen-bond donors (Lipinski definition) is 1. The first kappa shape index (κ1) is 14.0. The molecule has 2 unspecified atom stereocenters. The van der Waals surface area contributed by atoms with Crippen LogP contribution >= 0.6 is 0 Å². The fourth-order valence-corrected chi connectivity index (χ4v) is 2.47. The van der Waals surface area contributed by atoms with E-state index in [2.05, 4.69) is 6.92 Å². The van der Waals surface area contributed by atoms with Crippen LogP contribution in [0.2, 0.25) is 0 Å². The van der Waals surface area contributed by atoms with Gasteiger partial charge in [-0.15, -0.1) is 0 Å². The van der Waals surface area contributed by atoms with Crippen LogP contribution in [-0.2, 0) is 9.59 Å². The lowest BCUT2D eigenvalue weighted by atomic mass is 9.88. The molecule has 0 aromatic rings. The van der Waals surface area contributed by atoms with E-state index in [1.54, 1.807) is 13.8 Å². The molecule has 1 fully saturated rings. The molecule has 0 saturated carbocycles. The van der Waals surface area contributed by atoms with E-state index in [-0.39, 0.29) is 18.4 Å². The Morgan fingerprint density at radius 2 is 1.94 bits per heavy atom. The monoisotopic (exact) mass is 241 g/mol. The molecule has 1 saturated heterocycles. The predicted octanol–water partition coefficient (Wildman–Crippen LogP) is 2.28. The minimum Gasteiger partial charge on any atom is -0.481 e. The van der Waals surface area contributed by atoms with Crippen molar-refractivity contribution in [2.24, 2.45) is 5.41 Å². The van der Waals surface area contributed by atoms with Gasteiger partial charge in [-0.25, -0.2) is 0 Å². The number of likely N-dealkylation sites (tertiary alicyclic amines) is 1. The maximum Gasteiger partial charge on any atom is 0.309 e. The Hall–Kier alpha value is -1.06. The number of carboxylic acid groups (broad SMARTS) is 1. The Balaban J connectivity index is 2.73. The maximum atomic E-state index is 12.2. The third kappa shape index (κ3) is 2.99. The van der Waals surface area contributed by atoms with Gasteiger partial charge in [0, 0.05) is 18.5 Å². The number of rotatable bonds is 4. The smallest absolute Gasteiger partial charge is 0.309 e. The Morgan fingerprint density at radius 1 is 1.35 bits per heavy atom. The first-order chi connectivity index (χ1) is 7.79. The van der Waals surface area contributed by atoms with Crippen molar-refractivity contribution in [1.29, 1.82) is 0 Å². The van der Waals surface area contributed by atoms with Gasteiger partial charge in [-0.2, -0.15) is 0 Å². The number of aliphatic carboxylic acids is 1. The van der Waals surface area contributed by atoms with E-state index < -0.39 is 11.4 Å². The molecule has 1 N–H and O–H groups in total. The second-order valence-corrected chi connectivity index (χ2v) is 5.66. The lowest BCUT2D eigenvalue weighted by molar-refractivity contribution is -0.152. The molecule has 0 aromatic heterocycles. The first-order valence-corrected chi connectivity index (χ1v) is 6.34. The summed E-state index contributed by atoms with van der Waals surface area (Å²) in [6.07, 6.45) is 3.10. The molecule has 4 nitrogen and oxygen atoms in total. The molecule has 4 heteroatoms. The molecule has 98 valence electrons. The summed E-state index contributed by atoms with van der Waals surface area (Å²) >= 11 is 0. The van der Waals surface area contributed by atoms with Crippen LogP contribution in [-0.4, -0.2) is 34.0 Å². The van der Waals surface area contributed by atoms with E-state index >= 15 is 0 Å². The van der Waals surface area contributed by atoms with Crippen LogP contribution in [0.1, 0.15) is 53.4 Å². The van der Waals surface area contributed by atoms with Crippen LogP contribution in [0.25, 0.3) is 0 Å². The van der Waals surface area contributed by atoms with Crippen molar-refractivity contribution < 1.29 is 14.7 Å². The summed E-state index contributed by atoms with van der Waals surface area (Å²) in [7, 11) is 0. The molecule has 2 atom stereocenters. The maximum absolute atomic E-state index is 12.2. The lowest BCUT2D eigenvalue weighted by Crippen LogP contribution is -2.42.